The molecule has 3 rings (SSSR count). The van der Waals surface area contributed by atoms with Gasteiger partial charge in [0.15, 0.2) is 5.96 Å². The van der Waals surface area contributed by atoms with Gasteiger partial charge in [-0.2, -0.15) is 4.31 Å². The fraction of sp³-hybridized carbons (Fsp3) is 0.312. The zero-order valence-corrected chi connectivity index (χ0v) is 26.7. The first-order valence-electron chi connectivity index (χ1n) is 14.7. The number of primary amides is 1. The van der Waals surface area contributed by atoms with Crippen molar-refractivity contribution in [2.45, 2.75) is 55.6 Å². The summed E-state index contributed by atoms with van der Waals surface area (Å²) in [6.45, 7) is 2.20. The summed E-state index contributed by atoms with van der Waals surface area (Å²) in [4.78, 5) is 43.9. The molecule has 3 atom stereocenters. The Hall–Kier alpha value is -4.79. The van der Waals surface area contributed by atoms with Crippen LogP contribution in [0.4, 0.5) is 5.69 Å². The summed E-state index contributed by atoms with van der Waals surface area (Å²) in [6.07, 6.45) is 1.20. The maximum atomic E-state index is 14.0. The maximum Gasteiger partial charge on any atom is 0.244 e. The highest BCUT2D eigenvalue weighted by Crippen LogP contribution is 2.22. The van der Waals surface area contributed by atoms with Gasteiger partial charge >= 0.3 is 0 Å². The molecule has 0 heterocycles. The number of guanidine groups is 1. The van der Waals surface area contributed by atoms with Gasteiger partial charge in [0, 0.05) is 7.05 Å². The third kappa shape index (κ3) is 9.86. The van der Waals surface area contributed by atoms with Gasteiger partial charge in [0.2, 0.25) is 27.7 Å². The Kier molecular flexibility index (Phi) is 12.8. The number of likely N-dealkylation sites (N-methyl/N-ethyl adjacent to an activating group) is 1. The second-order valence-corrected chi connectivity index (χ2v) is 12.9. The summed E-state index contributed by atoms with van der Waals surface area (Å²) >= 11 is 0. The van der Waals surface area contributed by atoms with Crippen molar-refractivity contribution in [3.63, 3.8) is 0 Å². The Morgan fingerprint density at radius 1 is 0.848 bits per heavy atom. The summed E-state index contributed by atoms with van der Waals surface area (Å²) in [5.41, 5.74) is 24.6. The lowest BCUT2D eigenvalue weighted by atomic mass is 10.0. The van der Waals surface area contributed by atoms with Crippen LogP contribution in [0.2, 0.25) is 0 Å². The van der Waals surface area contributed by atoms with Gasteiger partial charge < -0.3 is 33.6 Å². The number of nitrogens with zero attached hydrogens (tertiary/aromatic N) is 2. The Morgan fingerprint density at radius 2 is 1.48 bits per heavy atom. The molecule has 13 nitrogen and oxygen atoms in total. The van der Waals surface area contributed by atoms with Gasteiger partial charge in [-0.25, -0.2) is 13.4 Å². The van der Waals surface area contributed by atoms with Crippen molar-refractivity contribution in [2.75, 3.05) is 13.6 Å². The lowest BCUT2D eigenvalue weighted by Gasteiger charge is -2.29. The standard InChI is InChI=1S/C32H42N8O5S/c1-21-11-17-25(18-12-21)46(44,45)40(2)27(20-22-13-15-24(16-14-22)37-32(35)36)31(43)38-26(10-6-7-19-33)30(42)39-28(29(34)41)23-8-4-3-5-9-23/h3-5,8-9,11-18,26-28H,6-7,10,19-20,33H2,1-2H3,(H2,34,41)(H,38,43)(H,39,42)(H4,35,36,37)/t26-,27-,28+/m0/s1. The van der Waals surface area contributed by atoms with Crippen LogP contribution in [-0.2, 0) is 30.8 Å². The molecule has 0 aliphatic heterocycles. The number of aryl methyl sites for hydroxylation is 1. The Morgan fingerprint density at radius 3 is 2.04 bits per heavy atom. The van der Waals surface area contributed by atoms with E-state index in [1.54, 1.807) is 66.7 Å². The Bertz CT molecular complexity index is 1610. The van der Waals surface area contributed by atoms with Crippen LogP contribution < -0.4 is 33.6 Å². The normalized spacial score (nSPS) is 13.3. The fourth-order valence-electron chi connectivity index (χ4n) is 4.75. The summed E-state index contributed by atoms with van der Waals surface area (Å²) < 4.78 is 28.4. The number of unbranched alkanes of at least 4 members (excludes halogenated alkanes) is 1. The van der Waals surface area contributed by atoms with Crippen LogP contribution in [-0.4, -0.2) is 62.1 Å². The number of amides is 3. The predicted molar refractivity (Wildman–Crippen MR) is 177 cm³/mol. The number of sulfonamides is 1. The predicted octanol–water partition coefficient (Wildman–Crippen LogP) is 1.09. The van der Waals surface area contributed by atoms with E-state index in [9.17, 15) is 22.8 Å². The summed E-state index contributed by atoms with van der Waals surface area (Å²) in [7, 11) is -2.83. The molecule has 0 aliphatic rings. The first-order chi connectivity index (χ1) is 21.8. The van der Waals surface area contributed by atoms with Crippen molar-refractivity contribution in [3.05, 3.63) is 95.6 Å². The molecular formula is C32H42N8O5S. The first-order valence-corrected chi connectivity index (χ1v) is 16.2. The van der Waals surface area contributed by atoms with Gasteiger partial charge in [-0.05, 0) is 74.5 Å². The zero-order valence-electron chi connectivity index (χ0n) is 25.9. The summed E-state index contributed by atoms with van der Waals surface area (Å²) in [6, 6.07) is 17.8. The van der Waals surface area contributed by atoms with Crippen molar-refractivity contribution < 1.29 is 22.8 Å². The lowest BCUT2D eigenvalue weighted by Crippen LogP contribution is -2.55. The van der Waals surface area contributed by atoms with Crippen molar-refractivity contribution in [1.82, 2.24) is 14.9 Å². The molecule has 0 bridgehead atoms. The molecule has 0 radical (unpaired) electrons. The minimum absolute atomic E-state index is 0.00547. The number of nitrogens with two attached hydrogens (primary N) is 4. The third-order valence-electron chi connectivity index (χ3n) is 7.35. The lowest BCUT2D eigenvalue weighted by molar-refractivity contribution is -0.132. The van der Waals surface area contributed by atoms with Crippen LogP contribution in [0, 0.1) is 6.92 Å². The van der Waals surface area contributed by atoms with Gasteiger partial charge in [0.25, 0.3) is 0 Å². The highest BCUT2D eigenvalue weighted by atomic mass is 32.2. The van der Waals surface area contributed by atoms with Gasteiger partial charge in [0.05, 0.1) is 10.6 Å². The van der Waals surface area contributed by atoms with Gasteiger partial charge in [-0.15, -0.1) is 0 Å². The number of rotatable bonds is 16. The molecule has 0 aliphatic carbocycles. The van der Waals surface area contributed by atoms with Crippen molar-refractivity contribution >= 4 is 39.4 Å². The van der Waals surface area contributed by atoms with E-state index >= 15 is 0 Å². The molecule has 0 aromatic heterocycles. The van der Waals surface area contributed by atoms with Gasteiger partial charge in [0.1, 0.15) is 18.1 Å². The van der Waals surface area contributed by atoms with Gasteiger partial charge in [-0.3, -0.25) is 14.4 Å². The molecule has 14 heteroatoms. The van der Waals surface area contributed by atoms with E-state index in [1.165, 1.54) is 19.2 Å². The van der Waals surface area contributed by atoms with E-state index in [4.69, 9.17) is 22.9 Å². The zero-order chi connectivity index (χ0) is 33.9. The second kappa shape index (κ2) is 16.5. The van der Waals surface area contributed by atoms with E-state index in [0.29, 0.717) is 36.2 Å². The molecular weight excluding hydrogens is 608 g/mol. The topological polar surface area (TPSA) is 229 Å². The molecule has 0 spiro atoms. The molecule has 0 saturated heterocycles. The smallest absolute Gasteiger partial charge is 0.244 e. The van der Waals surface area contributed by atoms with E-state index in [-0.39, 0.29) is 23.7 Å². The molecule has 246 valence electrons. The number of nitrogens with one attached hydrogen (secondary N) is 2. The number of hydrogen-bond acceptors (Lipinski definition) is 7. The summed E-state index contributed by atoms with van der Waals surface area (Å²) in [5.74, 6) is -2.27. The SMILES string of the molecule is Cc1ccc(S(=O)(=O)N(C)[C@@H](Cc2ccc(N=C(N)N)cc2)C(=O)N[C@@H](CCCCN)C(=O)N[C@@H](C(N)=O)c2ccccc2)cc1. The highest BCUT2D eigenvalue weighted by Gasteiger charge is 2.35. The van der Waals surface area contributed by atoms with Crippen LogP contribution in [0.1, 0.15) is 42.0 Å². The monoisotopic (exact) mass is 650 g/mol. The van der Waals surface area contributed by atoms with Crippen molar-refractivity contribution in [2.24, 2.45) is 27.9 Å². The van der Waals surface area contributed by atoms with E-state index in [2.05, 4.69) is 15.6 Å². The average molecular weight is 651 g/mol. The third-order valence-corrected chi connectivity index (χ3v) is 9.23. The van der Waals surface area contributed by atoms with E-state index in [0.717, 1.165) is 9.87 Å². The molecule has 0 saturated carbocycles. The van der Waals surface area contributed by atoms with Crippen molar-refractivity contribution in [1.29, 1.82) is 0 Å². The molecule has 3 amide bonds. The average Bonchev–Trinajstić information content (AvgIpc) is 3.02. The van der Waals surface area contributed by atoms with Crippen LogP contribution in [0.3, 0.4) is 0 Å². The van der Waals surface area contributed by atoms with Crippen LogP contribution >= 0.6 is 0 Å². The molecule has 0 fully saturated rings. The number of carbonyl (C=O) groups excluding carboxylic acids is 3. The Labute approximate surface area is 269 Å². The van der Waals surface area contributed by atoms with Crippen LogP contribution in [0.5, 0.6) is 0 Å². The quantitative estimate of drug-likeness (QED) is 0.0745. The second-order valence-electron chi connectivity index (χ2n) is 10.9. The molecule has 10 N–H and O–H groups in total. The molecule has 3 aromatic rings. The summed E-state index contributed by atoms with van der Waals surface area (Å²) in [5, 5.41) is 5.38. The minimum atomic E-state index is -4.15. The number of carbonyl (C=O) groups is 3. The number of aliphatic imine (C=N–C) groups is 1. The maximum absolute atomic E-state index is 14.0. The van der Waals surface area contributed by atoms with Crippen LogP contribution in [0.15, 0.2) is 88.8 Å². The fourth-order valence-corrected chi connectivity index (χ4v) is 6.06. The van der Waals surface area contributed by atoms with Gasteiger partial charge in [-0.1, -0.05) is 60.2 Å². The van der Waals surface area contributed by atoms with E-state index in [1.807, 2.05) is 6.92 Å². The minimum Gasteiger partial charge on any atom is -0.370 e. The number of benzene rings is 3. The first kappa shape index (κ1) is 35.7. The van der Waals surface area contributed by atoms with Crippen LogP contribution in [0.25, 0.3) is 0 Å². The van der Waals surface area contributed by atoms with Crippen molar-refractivity contribution in [3.8, 4) is 0 Å². The molecule has 3 aromatic carbocycles. The molecule has 46 heavy (non-hydrogen) atoms. The largest absolute Gasteiger partial charge is 0.370 e. The Balaban J connectivity index is 1.95. The highest BCUT2D eigenvalue weighted by molar-refractivity contribution is 7.89. The number of hydrogen-bond donors (Lipinski definition) is 6. The van der Waals surface area contributed by atoms with E-state index < -0.39 is 45.9 Å². The molecule has 0 unspecified atom stereocenters.